The van der Waals surface area contributed by atoms with Gasteiger partial charge in [0.15, 0.2) is 17.2 Å². The van der Waals surface area contributed by atoms with Crippen LogP contribution in [-0.4, -0.2) is 30.2 Å². The maximum absolute atomic E-state index is 13.0. The van der Waals surface area contributed by atoms with E-state index >= 15 is 0 Å². The Balaban J connectivity index is 1.47. The molecule has 1 aliphatic carbocycles. The molecule has 0 spiro atoms. The first kappa shape index (κ1) is 23.9. The molecule has 11 nitrogen and oxygen atoms in total. The number of nitrogens with one attached hydrogen (secondary N) is 2. The van der Waals surface area contributed by atoms with Crippen molar-refractivity contribution in [1.82, 2.24) is 5.16 Å². The predicted molar refractivity (Wildman–Crippen MR) is 135 cm³/mol. The molecule has 1 amide bonds. The van der Waals surface area contributed by atoms with Gasteiger partial charge in [0.1, 0.15) is 18.1 Å². The van der Waals surface area contributed by atoms with E-state index in [4.69, 9.17) is 18.7 Å². The molecular formula is C26H24N4O7. The van der Waals surface area contributed by atoms with Gasteiger partial charge in [-0.25, -0.2) is 0 Å². The molecule has 2 heterocycles. The van der Waals surface area contributed by atoms with Crippen LogP contribution >= 0.6 is 0 Å². The van der Waals surface area contributed by atoms with Gasteiger partial charge in [-0.3, -0.25) is 14.9 Å². The molecule has 0 radical (unpaired) electrons. The first-order chi connectivity index (χ1) is 17.9. The van der Waals surface area contributed by atoms with Crippen LogP contribution in [0.5, 0.6) is 17.2 Å². The summed E-state index contributed by atoms with van der Waals surface area (Å²) in [6.45, 7) is 1.98. The molecule has 2 N–H and O–H groups in total. The zero-order valence-electron chi connectivity index (χ0n) is 20.4. The van der Waals surface area contributed by atoms with Crippen molar-refractivity contribution in [2.75, 3.05) is 24.9 Å². The summed E-state index contributed by atoms with van der Waals surface area (Å²) in [6, 6.07) is 10.00. The molecular weight excluding hydrogens is 480 g/mol. The number of allylic oxidation sites excluding steroid dienone is 2. The lowest BCUT2D eigenvalue weighted by molar-refractivity contribution is -0.385. The van der Waals surface area contributed by atoms with Gasteiger partial charge in [0, 0.05) is 35.5 Å². The summed E-state index contributed by atoms with van der Waals surface area (Å²) in [6.07, 6.45) is 2.95. The molecule has 0 bridgehead atoms. The Kier molecular flexibility index (Phi) is 6.26. The van der Waals surface area contributed by atoms with Crippen molar-refractivity contribution in [1.29, 1.82) is 0 Å². The number of nitro groups is 1. The van der Waals surface area contributed by atoms with Gasteiger partial charge in [-0.1, -0.05) is 5.16 Å². The number of carbonyl (C=O) groups is 1. The lowest BCUT2D eigenvalue weighted by Gasteiger charge is -2.19. The Morgan fingerprint density at radius 3 is 2.49 bits per heavy atom. The second-order valence-electron chi connectivity index (χ2n) is 8.55. The van der Waals surface area contributed by atoms with Crippen molar-refractivity contribution in [3.05, 3.63) is 80.9 Å². The normalized spacial score (nSPS) is 14.5. The van der Waals surface area contributed by atoms with Crippen molar-refractivity contribution in [3.63, 3.8) is 0 Å². The van der Waals surface area contributed by atoms with Crippen LogP contribution in [0.3, 0.4) is 0 Å². The number of aryl methyl sites for hydroxylation is 1. The summed E-state index contributed by atoms with van der Waals surface area (Å²) in [5, 5.41) is 21.5. The van der Waals surface area contributed by atoms with Crippen molar-refractivity contribution in [2.24, 2.45) is 0 Å². The van der Waals surface area contributed by atoms with Crippen LogP contribution in [0, 0.1) is 17.0 Å². The van der Waals surface area contributed by atoms with Gasteiger partial charge in [-0.2, -0.15) is 0 Å². The maximum Gasteiger partial charge on any atom is 0.310 e. The molecule has 37 heavy (non-hydrogen) atoms. The molecule has 0 fully saturated rings. The molecule has 0 unspecified atom stereocenters. The molecule has 1 aliphatic heterocycles. The topological polar surface area (TPSA) is 138 Å². The Bertz CT molecular complexity index is 1470. The fourth-order valence-electron chi connectivity index (χ4n) is 4.35. The summed E-state index contributed by atoms with van der Waals surface area (Å²) < 4.78 is 21.7. The number of methoxy groups -OCH3 is 2. The summed E-state index contributed by atoms with van der Waals surface area (Å²) in [5.41, 5.74) is 4.65. The Hall–Kier alpha value is -4.80. The van der Waals surface area contributed by atoms with E-state index in [-0.39, 0.29) is 24.0 Å². The van der Waals surface area contributed by atoms with E-state index in [1.54, 1.807) is 37.3 Å². The van der Waals surface area contributed by atoms with Crippen LogP contribution in [0.4, 0.5) is 17.1 Å². The third-order valence-electron chi connectivity index (χ3n) is 6.18. The van der Waals surface area contributed by atoms with Gasteiger partial charge >= 0.3 is 5.69 Å². The van der Waals surface area contributed by atoms with E-state index in [2.05, 4.69) is 15.8 Å². The highest BCUT2D eigenvalue weighted by atomic mass is 16.6. The molecule has 0 atom stereocenters. The van der Waals surface area contributed by atoms with Crippen molar-refractivity contribution >= 4 is 28.5 Å². The zero-order chi connectivity index (χ0) is 26.1. The van der Waals surface area contributed by atoms with Gasteiger partial charge in [-0.15, -0.1) is 0 Å². The van der Waals surface area contributed by atoms with E-state index < -0.39 is 4.92 Å². The fourth-order valence-corrected chi connectivity index (χ4v) is 4.35. The van der Waals surface area contributed by atoms with Crippen LogP contribution in [0.15, 0.2) is 58.3 Å². The fraction of sp³-hybridized carbons (Fsp3) is 0.231. The minimum atomic E-state index is -0.482. The number of hydrogen-bond acceptors (Lipinski definition) is 9. The molecule has 1 aromatic heterocycles. The number of nitrogens with zero attached hydrogens (tertiary/aromatic N) is 2. The lowest BCUT2D eigenvalue weighted by atomic mass is 9.90. The van der Waals surface area contributed by atoms with Gasteiger partial charge in [0.25, 0.3) is 5.91 Å². The SMILES string of the molecule is COc1cc2c(cc1OCc1cc(C)on1)NC1=C(CCC(c3ccc([N+](=O)[O-])c(OC)c3)=C1)C(=O)N2. The van der Waals surface area contributed by atoms with Crippen molar-refractivity contribution < 1.29 is 28.5 Å². The number of carbonyl (C=O) groups excluding carboxylic acids is 1. The Labute approximate surface area is 211 Å². The number of anilines is 2. The predicted octanol–water partition coefficient (Wildman–Crippen LogP) is 4.98. The molecule has 0 saturated heterocycles. The van der Waals surface area contributed by atoms with E-state index in [1.165, 1.54) is 20.3 Å². The van der Waals surface area contributed by atoms with Crippen LogP contribution < -0.4 is 24.8 Å². The third kappa shape index (κ3) is 4.70. The van der Waals surface area contributed by atoms with Gasteiger partial charge in [0.2, 0.25) is 0 Å². The average Bonchev–Trinajstić information content (AvgIpc) is 3.26. The third-order valence-corrected chi connectivity index (χ3v) is 6.18. The number of ether oxygens (including phenoxy) is 3. The zero-order valence-corrected chi connectivity index (χ0v) is 20.4. The van der Waals surface area contributed by atoms with Gasteiger partial charge in [0.05, 0.1) is 30.5 Å². The quantitative estimate of drug-likeness (QED) is 0.337. The largest absolute Gasteiger partial charge is 0.493 e. The summed E-state index contributed by atoms with van der Waals surface area (Å²) >= 11 is 0. The lowest BCUT2D eigenvalue weighted by Crippen LogP contribution is -2.16. The molecule has 2 aromatic carbocycles. The maximum atomic E-state index is 13.0. The van der Waals surface area contributed by atoms with Crippen LogP contribution in [0.25, 0.3) is 5.57 Å². The number of fused-ring (bicyclic) bond motifs is 1. The summed E-state index contributed by atoms with van der Waals surface area (Å²) in [5.74, 6) is 1.56. The van der Waals surface area contributed by atoms with Crippen LogP contribution in [0.1, 0.15) is 29.9 Å². The molecule has 2 aliphatic rings. The minimum absolute atomic E-state index is 0.106. The number of benzene rings is 2. The highest BCUT2D eigenvalue weighted by Crippen LogP contribution is 2.42. The number of aromatic nitrogens is 1. The minimum Gasteiger partial charge on any atom is -0.493 e. The van der Waals surface area contributed by atoms with Crippen LogP contribution in [0.2, 0.25) is 0 Å². The average molecular weight is 504 g/mol. The number of nitro benzene ring substituents is 1. The van der Waals surface area contributed by atoms with E-state index in [0.29, 0.717) is 58.4 Å². The highest BCUT2D eigenvalue weighted by Gasteiger charge is 2.27. The summed E-state index contributed by atoms with van der Waals surface area (Å²) in [7, 11) is 2.92. The molecule has 0 saturated carbocycles. The molecule has 5 rings (SSSR count). The molecule has 190 valence electrons. The number of hydrogen-bond donors (Lipinski definition) is 2. The van der Waals surface area contributed by atoms with E-state index in [0.717, 1.165) is 11.1 Å². The smallest absolute Gasteiger partial charge is 0.310 e. The summed E-state index contributed by atoms with van der Waals surface area (Å²) in [4.78, 5) is 23.8. The molecule has 11 heteroatoms. The van der Waals surface area contributed by atoms with E-state index in [9.17, 15) is 14.9 Å². The van der Waals surface area contributed by atoms with Crippen LogP contribution in [-0.2, 0) is 11.4 Å². The first-order valence-electron chi connectivity index (χ1n) is 11.5. The van der Waals surface area contributed by atoms with Crippen molar-refractivity contribution in [3.8, 4) is 17.2 Å². The standard InChI is InChI=1S/C26H24N4O7/c1-14-8-17(29-37-14)13-36-25-12-20-21(11-24(25)35-3)28-26(31)18-6-4-15(9-19(18)27-20)16-5-7-22(30(32)33)23(10-16)34-2/h5,7-12,27H,4,6,13H2,1-3H3,(H,28,31). The van der Waals surface area contributed by atoms with E-state index in [1.807, 2.05) is 6.08 Å². The second kappa shape index (κ2) is 9.69. The first-order valence-corrected chi connectivity index (χ1v) is 11.5. The van der Waals surface area contributed by atoms with Crippen molar-refractivity contribution in [2.45, 2.75) is 26.4 Å². The molecule has 3 aromatic rings. The monoisotopic (exact) mass is 504 g/mol. The van der Waals surface area contributed by atoms with Gasteiger partial charge < -0.3 is 29.4 Å². The highest BCUT2D eigenvalue weighted by molar-refractivity contribution is 6.09. The Morgan fingerprint density at radius 2 is 1.78 bits per heavy atom. The Morgan fingerprint density at radius 1 is 1.03 bits per heavy atom. The number of rotatable bonds is 7. The second-order valence-corrected chi connectivity index (χ2v) is 8.55. The van der Waals surface area contributed by atoms with Gasteiger partial charge in [-0.05, 0) is 49.1 Å². The number of amides is 1.